The fraction of sp³-hybridized carbons (Fsp3) is 0.203. The SMILES string of the molecule is CC(C)(C)c1cc(-c2nc(-c3cc(C(C)(C)C)cc(C(C)(C)C)c3)nc(-c3cc(-c4ccccc4-n4c5ccccc5c5cc(N(c6ccccc6)c6ccccc6)ccc54)ccc3-n3c4ccccc4c4ccccc43)n2)cc(C(C)(C)C)c1. The summed E-state index contributed by atoms with van der Waals surface area (Å²) in [6, 6.07) is 84.2. The molecular weight excluding hydrogens is 1030 g/mol. The smallest absolute Gasteiger partial charge is 0.166 e. The summed E-state index contributed by atoms with van der Waals surface area (Å²) in [7, 11) is 0. The molecule has 85 heavy (non-hydrogen) atoms. The summed E-state index contributed by atoms with van der Waals surface area (Å²) < 4.78 is 4.86. The average Bonchev–Trinajstić information content (AvgIpc) is 1.86. The van der Waals surface area contributed by atoms with Crippen LogP contribution in [0.5, 0.6) is 0 Å². The van der Waals surface area contributed by atoms with Crippen LogP contribution in [-0.2, 0) is 21.7 Å². The topological polar surface area (TPSA) is 51.8 Å². The van der Waals surface area contributed by atoms with Crippen LogP contribution in [0, 0.1) is 0 Å². The van der Waals surface area contributed by atoms with Crippen LogP contribution >= 0.6 is 0 Å². The molecule has 6 nitrogen and oxygen atoms in total. The summed E-state index contributed by atoms with van der Waals surface area (Å²) in [6.45, 7) is 27.5. The van der Waals surface area contributed by atoms with Crippen molar-refractivity contribution >= 4 is 60.7 Å². The van der Waals surface area contributed by atoms with Crippen molar-refractivity contribution < 1.29 is 0 Å². The van der Waals surface area contributed by atoms with Gasteiger partial charge in [-0.3, -0.25) is 0 Å². The highest BCUT2D eigenvalue weighted by atomic mass is 15.1. The maximum absolute atomic E-state index is 5.73. The first kappa shape index (κ1) is 54.8. The van der Waals surface area contributed by atoms with Gasteiger partial charge in [0, 0.05) is 60.9 Å². The molecule has 0 amide bonds. The van der Waals surface area contributed by atoms with E-state index in [0.717, 1.165) is 78.3 Å². The van der Waals surface area contributed by atoms with E-state index in [1.165, 1.54) is 43.8 Å². The van der Waals surface area contributed by atoms with Crippen LogP contribution in [0.15, 0.2) is 231 Å². The number of para-hydroxylation sites is 6. The van der Waals surface area contributed by atoms with E-state index in [1.54, 1.807) is 0 Å². The van der Waals surface area contributed by atoms with Gasteiger partial charge in [0.2, 0.25) is 0 Å². The fourth-order valence-electron chi connectivity index (χ4n) is 12.1. The van der Waals surface area contributed by atoms with Gasteiger partial charge in [0.25, 0.3) is 0 Å². The van der Waals surface area contributed by atoms with Crippen LogP contribution in [0.3, 0.4) is 0 Å². The van der Waals surface area contributed by atoms with Crippen LogP contribution in [0.4, 0.5) is 17.1 Å². The molecule has 10 aromatic carbocycles. The Morgan fingerprint density at radius 3 is 1.11 bits per heavy atom. The summed E-state index contributed by atoms with van der Waals surface area (Å²) in [5.41, 5.74) is 19.1. The molecule has 0 atom stereocenters. The largest absolute Gasteiger partial charge is 0.310 e. The van der Waals surface area contributed by atoms with Crippen molar-refractivity contribution in [2.75, 3.05) is 4.90 Å². The highest BCUT2D eigenvalue weighted by Crippen LogP contribution is 2.45. The molecule has 0 saturated carbocycles. The van der Waals surface area contributed by atoms with Crippen molar-refractivity contribution in [2.45, 2.75) is 105 Å². The number of benzene rings is 10. The minimum Gasteiger partial charge on any atom is -0.310 e. The lowest BCUT2D eigenvalue weighted by molar-refractivity contribution is 0.568. The third-order valence-corrected chi connectivity index (χ3v) is 16.9. The molecule has 0 radical (unpaired) electrons. The molecule has 0 aliphatic heterocycles. The zero-order valence-electron chi connectivity index (χ0n) is 51.1. The molecule has 0 bridgehead atoms. The van der Waals surface area contributed by atoms with Gasteiger partial charge < -0.3 is 14.0 Å². The second-order valence-electron chi connectivity index (χ2n) is 27.1. The maximum atomic E-state index is 5.73. The minimum absolute atomic E-state index is 0.133. The Morgan fingerprint density at radius 2 is 0.647 bits per heavy atom. The van der Waals surface area contributed by atoms with Gasteiger partial charge in [-0.2, -0.15) is 0 Å². The number of anilines is 3. The van der Waals surface area contributed by atoms with Gasteiger partial charge >= 0.3 is 0 Å². The molecule has 6 heteroatoms. The van der Waals surface area contributed by atoms with Crippen LogP contribution in [0.25, 0.3) is 100 Å². The van der Waals surface area contributed by atoms with E-state index in [4.69, 9.17) is 15.0 Å². The highest BCUT2D eigenvalue weighted by molar-refractivity contribution is 6.12. The van der Waals surface area contributed by atoms with E-state index in [0.29, 0.717) is 17.5 Å². The molecule has 0 aliphatic rings. The van der Waals surface area contributed by atoms with E-state index < -0.39 is 0 Å². The van der Waals surface area contributed by atoms with Gasteiger partial charge in [0.05, 0.1) is 33.4 Å². The zero-order valence-corrected chi connectivity index (χ0v) is 51.1. The van der Waals surface area contributed by atoms with Crippen LogP contribution in [0.1, 0.15) is 105 Å². The number of rotatable bonds is 9. The molecule has 0 saturated heterocycles. The summed E-state index contributed by atoms with van der Waals surface area (Å²) >= 11 is 0. The van der Waals surface area contributed by atoms with Gasteiger partial charge in [-0.1, -0.05) is 210 Å². The Morgan fingerprint density at radius 1 is 0.271 bits per heavy atom. The quantitative estimate of drug-likeness (QED) is 0.145. The molecule has 0 aliphatic carbocycles. The highest BCUT2D eigenvalue weighted by Gasteiger charge is 2.28. The van der Waals surface area contributed by atoms with Crippen LogP contribution in [0.2, 0.25) is 0 Å². The summed E-state index contributed by atoms with van der Waals surface area (Å²) in [4.78, 5) is 19.4. The molecule has 0 N–H and O–H groups in total. The van der Waals surface area contributed by atoms with Crippen molar-refractivity contribution in [3.05, 3.63) is 253 Å². The maximum Gasteiger partial charge on any atom is 0.166 e. The first-order chi connectivity index (χ1) is 40.7. The molecule has 420 valence electrons. The summed E-state index contributed by atoms with van der Waals surface area (Å²) in [6.07, 6.45) is 0. The minimum atomic E-state index is -0.133. The monoisotopic (exact) mass is 1110 g/mol. The first-order valence-electron chi connectivity index (χ1n) is 29.9. The standard InChI is InChI=1S/C79H74N6/c1-76(2,3)54-43-52(44-55(48-54)77(4,5)6)73-80-74(53-45-56(78(7,8)9)49-57(46-53)79(10,11)12)82-75(81-73)66-47-51(39-41-72(66)85-68-36-24-20-32-62(68)63-33-21-25-37-69(63)85)61-31-19-23-35-67(61)84-70-38-26-22-34-64(70)65-50-60(40-42-71(65)84)83(58-27-15-13-16-28-58)59-29-17-14-18-30-59/h13-50H,1-12H3. The van der Waals surface area contributed by atoms with Crippen LogP contribution in [-0.4, -0.2) is 24.1 Å². The number of aromatic nitrogens is 5. The third kappa shape index (κ3) is 10.2. The third-order valence-electron chi connectivity index (χ3n) is 16.9. The molecular formula is C79H74N6. The molecule has 0 unspecified atom stereocenters. The second kappa shape index (κ2) is 20.7. The fourth-order valence-corrected chi connectivity index (χ4v) is 12.1. The Balaban J connectivity index is 1.09. The van der Waals surface area contributed by atoms with Crippen molar-refractivity contribution in [2.24, 2.45) is 0 Å². The molecule has 13 aromatic rings. The molecule has 0 fully saturated rings. The molecule has 0 spiro atoms. The van der Waals surface area contributed by atoms with Gasteiger partial charge in [0.1, 0.15) is 0 Å². The van der Waals surface area contributed by atoms with E-state index in [9.17, 15) is 0 Å². The van der Waals surface area contributed by atoms with E-state index in [1.807, 2.05) is 0 Å². The van der Waals surface area contributed by atoms with E-state index >= 15 is 0 Å². The Labute approximate surface area is 501 Å². The van der Waals surface area contributed by atoms with Gasteiger partial charge in [-0.25, -0.2) is 15.0 Å². The Bertz CT molecular complexity index is 4430. The van der Waals surface area contributed by atoms with Crippen molar-refractivity contribution in [3.8, 4) is 56.7 Å². The normalized spacial score (nSPS) is 12.5. The van der Waals surface area contributed by atoms with Gasteiger partial charge in [0.15, 0.2) is 17.5 Å². The lowest BCUT2D eigenvalue weighted by atomic mass is 9.79. The Hall–Kier alpha value is -9.39. The molecule has 3 heterocycles. The predicted octanol–water partition coefficient (Wildman–Crippen LogP) is 21.4. The average molecular weight is 1110 g/mol. The lowest BCUT2D eigenvalue weighted by Gasteiger charge is -2.26. The number of hydrogen-bond acceptors (Lipinski definition) is 4. The zero-order chi connectivity index (χ0) is 59.2. The number of hydrogen-bond donors (Lipinski definition) is 0. The Kier molecular flexibility index (Phi) is 13.4. The van der Waals surface area contributed by atoms with Crippen LogP contribution < -0.4 is 4.90 Å². The molecule has 3 aromatic heterocycles. The summed E-state index contributed by atoms with van der Waals surface area (Å²) in [5, 5.41) is 4.71. The number of fused-ring (bicyclic) bond motifs is 6. The second-order valence-corrected chi connectivity index (χ2v) is 27.1. The summed E-state index contributed by atoms with van der Waals surface area (Å²) in [5.74, 6) is 1.87. The van der Waals surface area contributed by atoms with Crippen molar-refractivity contribution in [1.82, 2.24) is 24.1 Å². The predicted molar refractivity (Wildman–Crippen MR) is 360 cm³/mol. The van der Waals surface area contributed by atoms with E-state index in [-0.39, 0.29) is 21.7 Å². The van der Waals surface area contributed by atoms with Crippen molar-refractivity contribution in [3.63, 3.8) is 0 Å². The van der Waals surface area contributed by atoms with Gasteiger partial charge in [-0.05, 0) is 153 Å². The van der Waals surface area contributed by atoms with Gasteiger partial charge in [-0.15, -0.1) is 0 Å². The van der Waals surface area contributed by atoms with Crippen molar-refractivity contribution in [1.29, 1.82) is 0 Å². The first-order valence-corrected chi connectivity index (χ1v) is 29.9. The molecule has 13 rings (SSSR count). The van der Waals surface area contributed by atoms with E-state index in [2.05, 4.69) is 328 Å². The number of nitrogens with zero attached hydrogens (tertiary/aromatic N) is 6. The lowest BCUT2D eigenvalue weighted by Crippen LogP contribution is -2.17.